The molecule has 36 heavy (non-hydrogen) atoms. The van der Waals surface area contributed by atoms with Gasteiger partial charge in [-0.1, -0.05) is 67.9 Å². The third kappa shape index (κ3) is 4.03. The maximum atomic E-state index is 4.19. The molecule has 3 nitrogen and oxygen atoms in total. The third-order valence-corrected chi connectivity index (χ3v) is 6.89. The van der Waals surface area contributed by atoms with Gasteiger partial charge >= 0.3 is 0 Å². The molecule has 176 valence electrons. The van der Waals surface area contributed by atoms with Crippen LogP contribution in [0.4, 0.5) is 17.1 Å². The van der Waals surface area contributed by atoms with Crippen molar-refractivity contribution in [3.8, 4) is 11.1 Å². The third-order valence-electron chi connectivity index (χ3n) is 6.89. The summed E-state index contributed by atoms with van der Waals surface area (Å²) in [6, 6.07) is 39.1. The smallest absolute Gasteiger partial charge is 0.0512 e. The Labute approximate surface area is 212 Å². The first-order valence-electron chi connectivity index (χ1n) is 12.7. The summed E-state index contributed by atoms with van der Waals surface area (Å²) in [7, 11) is 0. The molecule has 0 atom stereocenters. The number of aryl methyl sites for hydroxylation is 1. The molecule has 0 aliphatic rings. The van der Waals surface area contributed by atoms with Gasteiger partial charge in [-0.25, -0.2) is 0 Å². The molecule has 0 bridgehead atoms. The second kappa shape index (κ2) is 9.71. The van der Waals surface area contributed by atoms with Gasteiger partial charge in [0, 0.05) is 52.3 Å². The van der Waals surface area contributed by atoms with Crippen LogP contribution in [0.25, 0.3) is 32.9 Å². The number of unbranched alkanes of at least 4 members (excludes halogenated alkanes) is 1. The molecule has 0 saturated carbocycles. The van der Waals surface area contributed by atoms with Crippen LogP contribution in [0.1, 0.15) is 19.8 Å². The highest BCUT2D eigenvalue weighted by Gasteiger charge is 2.16. The van der Waals surface area contributed by atoms with Crippen LogP contribution in [0.15, 0.2) is 122 Å². The van der Waals surface area contributed by atoms with Crippen LogP contribution in [0.3, 0.4) is 0 Å². The zero-order chi connectivity index (χ0) is 24.3. The van der Waals surface area contributed by atoms with Crippen molar-refractivity contribution in [2.75, 3.05) is 4.90 Å². The number of nitrogens with zero attached hydrogens (tertiary/aromatic N) is 3. The Morgan fingerprint density at radius 1 is 0.611 bits per heavy atom. The van der Waals surface area contributed by atoms with E-state index in [1.54, 1.807) is 0 Å². The number of hydrogen-bond donors (Lipinski definition) is 0. The van der Waals surface area contributed by atoms with Crippen LogP contribution in [0, 0.1) is 0 Å². The lowest BCUT2D eigenvalue weighted by Crippen LogP contribution is -2.09. The number of rotatable bonds is 7. The summed E-state index contributed by atoms with van der Waals surface area (Å²) in [4.78, 5) is 6.53. The SMILES string of the molecule is CCCCn1c2cc(-c3ccncc3)ccc2c2ccc(N(c3ccccc3)c3ccccc3)cc21. The van der Waals surface area contributed by atoms with Gasteiger partial charge in [0.1, 0.15) is 0 Å². The van der Waals surface area contributed by atoms with E-state index in [0.29, 0.717) is 0 Å². The molecule has 2 heterocycles. The van der Waals surface area contributed by atoms with Crippen molar-refractivity contribution in [1.29, 1.82) is 0 Å². The molecule has 0 amide bonds. The van der Waals surface area contributed by atoms with Crippen LogP contribution in [-0.2, 0) is 6.54 Å². The zero-order valence-corrected chi connectivity index (χ0v) is 20.5. The Morgan fingerprint density at radius 2 is 1.22 bits per heavy atom. The highest BCUT2D eigenvalue weighted by molar-refractivity contribution is 6.10. The van der Waals surface area contributed by atoms with Crippen molar-refractivity contribution >= 4 is 38.9 Å². The molecule has 3 heteroatoms. The lowest BCUT2D eigenvalue weighted by Gasteiger charge is -2.25. The molecule has 0 N–H and O–H groups in total. The van der Waals surface area contributed by atoms with E-state index in [4.69, 9.17) is 0 Å². The Hall–Kier alpha value is -4.37. The summed E-state index contributed by atoms with van der Waals surface area (Å²) >= 11 is 0. The van der Waals surface area contributed by atoms with Gasteiger partial charge in [0.15, 0.2) is 0 Å². The monoisotopic (exact) mass is 467 g/mol. The van der Waals surface area contributed by atoms with E-state index in [-0.39, 0.29) is 0 Å². The summed E-state index contributed by atoms with van der Waals surface area (Å²) in [6.45, 7) is 3.25. The second-order valence-electron chi connectivity index (χ2n) is 9.18. The van der Waals surface area contributed by atoms with Crippen molar-refractivity contribution in [3.05, 3.63) is 122 Å². The lowest BCUT2D eigenvalue weighted by atomic mass is 10.0. The van der Waals surface area contributed by atoms with E-state index >= 15 is 0 Å². The summed E-state index contributed by atoms with van der Waals surface area (Å²) in [5.74, 6) is 0. The van der Waals surface area contributed by atoms with Gasteiger partial charge in [-0.05, 0) is 72.1 Å². The predicted molar refractivity (Wildman–Crippen MR) is 152 cm³/mol. The number of aromatic nitrogens is 2. The molecule has 0 saturated heterocycles. The number of benzene rings is 4. The highest BCUT2D eigenvalue weighted by atomic mass is 15.1. The van der Waals surface area contributed by atoms with Gasteiger partial charge in [0.05, 0.1) is 5.52 Å². The number of hydrogen-bond acceptors (Lipinski definition) is 2. The normalized spacial score (nSPS) is 11.2. The van der Waals surface area contributed by atoms with Crippen LogP contribution in [0.5, 0.6) is 0 Å². The Balaban J connectivity index is 1.56. The fourth-order valence-electron chi connectivity index (χ4n) is 5.11. The first-order valence-corrected chi connectivity index (χ1v) is 12.7. The van der Waals surface area contributed by atoms with E-state index in [1.165, 1.54) is 32.9 Å². The van der Waals surface area contributed by atoms with Gasteiger partial charge in [-0.15, -0.1) is 0 Å². The van der Waals surface area contributed by atoms with Gasteiger partial charge in [0.2, 0.25) is 0 Å². The largest absolute Gasteiger partial charge is 0.340 e. The maximum absolute atomic E-state index is 4.19. The van der Waals surface area contributed by atoms with Crippen molar-refractivity contribution in [2.45, 2.75) is 26.3 Å². The Kier molecular flexibility index (Phi) is 5.96. The molecule has 0 aliphatic carbocycles. The molecular weight excluding hydrogens is 438 g/mol. The number of pyridine rings is 1. The fourth-order valence-corrected chi connectivity index (χ4v) is 5.11. The van der Waals surface area contributed by atoms with Crippen molar-refractivity contribution in [1.82, 2.24) is 9.55 Å². The van der Waals surface area contributed by atoms with E-state index in [1.807, 2.05) is 12.4 Å². The first-order chi connectivity index (χ1) is 17.8. The molecule has 0 aliphatic heterocycles. The maximum Gasteiger partial charge on any atom is 0.0512 e. The number of anilines is 3. The predicted octanol–water partition coefficient (Wildman–Crippen LogP) is 9.13. The van der Waals surface area contributed by atoms with Crippen molar-refractivity contribution < 1.29 is 0 Å². The van der Waals surface area contributed by atoms with Gasteiger partial charge < -0.3 is 9.47 Å². The average Bonchev–Trinajstić information content (AvgIpc) is 3.26. The number of fused-ring (bicyclic) bond motifs is 3. The van der Waals surface area contributed by atoms with Gasteiger partial charge in [-0.2, -0.15) is 0 Å². The quantitative estimate of drug-likeness (QED) is 0.233. The molecule has 0 spiro atoms. The van der Waals surface area contributed by atoms with Crippen LogP contribution in [-0.4, -0.2) is 9.55 Å². The topological polar surface area (TPSA) is 21.1 Å². The molecular formula is C33H29N3. The Morgan fingerprint density at radius 3 is 1.86 bits per heavy atom. The first kappa shape index (κ1) is 22.1. The molecule has 0 radical (unpaired) electrons. The average molecular weight is 468 g/mol. The van der Waals surface area contributed by atoms with E-state index in [9.17, 15) is 0 Å². The standard InChI is InChI=1S/C33H29N3/c1-2-3-22-35-32-23-26(25-18-20-34-21-19-25)14-16-30(32)31-17-15-29(24-33(31)35)36(27-10-6-4-7-11-27)28-12-8-5-9-13-28/h4-21,23-24H,2-3,22H2,1H3. The summed E-state index contributed by atoms with van der Waals surface area (Å²) in [5.41, 5.74) is 8.45. The van der Waals surface area contributed by atoms with Gasteiger partial charge in [-0.3, -0.25) is 4.98 Å². The summed E-state index contributed by atoms with van der Waals surface area (Å²) < 4.78 is 2.51. The van der Waals surface area contributed by atoms with Crippen LogP contribution >= 0.6 is 0 Å². The van der Waals surface area contributed by atoms with E-state index in [0.717, 1.165) is 36.4 Å². The fraction of sp³-hybridized carbons (Fsp3) is 0.121. The highest BCUT2D eigenvalue weighted by Crippen LogP contribution is 2.39. The minimum Gasteiger partial charge on any atom is -0.340 e. The molecule has 2 aromatic heterocycles. The molecule has 0 fully saturated rings. The lowest BCUT2D eigenvalue weighted by molar-refractivity contribution is 0.665. The van der Waals surface area contributed by atoms with Crippen molar-refractivity contribution in [3.63, 3.8) is 0 Å². The summed E-state index contributed by atoms with van der Waals surface area (Å²) in [5, 5.41) is 2.60. The molecule has 0 unspecified atom stereocenters. The molecule has 6 aromatic rings. The minimum absolute atomic E-state index is 0.996. The number of para-hydroxylation sites is 2. The Bertz CT molecular complexity index is 1560. The minimum atomic E-state index is 0.996. The van der Waals surface area contributed by atoms with Crippen LogP contribution in [0.2, 0.25) is 0 Å². The zero-order valence-electron chi connectivity index (χ0n) is 20.5. The molecule has 4 aromatic carbocycles. The van der Waals surface area contributed by atoms with Crippen LogP contribution < -0.4 is 4.90 Å². The summed E-state index contributed by atoms with van der Waals surface area (Å²) in [6.07, 6.45) is 6.02. The van der Waals surface area contributed by atoms with E-state index in [2.05, 4.69) is 131 Å². The van der Waals surface area contributed by atoms with Crippen molar-refractivity contribution in [2.24, 2.45) is 0 Å². The molecule has 6 rings (SSSR count). The van der Waals surface area contributed by atoms with E-state index < -0.39 is 0 Å². The second-order valence-corrected chi connectivity index (χ2v) is 9.18. The van der Waals surface area contributed by atoms with Gasteiger partial charge in [0.25, 0.3) is 0 Å².